The van der Waals surface area contributed by atoms with Gasteiger partial charge in [-0.2, -0.15) is 0 Å². The fraction of sp³-hybridized carbons (Fsp3) is 0.588. The Morgan fingerprint density at radius 3 is 2.48 bits per heavy atom. The minimum Gasteiger partial charge on any atom is -0.378 e. The van der Waals surface area contributed by atoms with Gasteiger partial charge in [-0.05, 0) is 47.4 Å². The van der Waals surface area contributed by atoms with E-state index in [0.717, 1.165) is 31.9 Å². The van der Waals surface area contributed by atoms with E-state index in [1.165, 1.54) is 24.1 Å². The Morgan fingerprint density at radius 2 is 1.87 bits per heavy atom. The zero-order valence-electron chi connectivity index (χ0n) is 14.3. The minimum atomic E-state index is 0.676. The summed E-state index contributed by atoms with van der Waals surface area (Å²) in [7, 11) is 4.14. The van der Waals surface area contributed by atoms with Crippen molar-refractivity contribution in [3.8, 4) is 0 Å². The van der Waals surface area contributed by atoms with Crippen LogP contribution in [-0.2, 0) is 19.6 Å². The van der Waals surface area contributed by atoms with Gasteiger partial charge in [-0.25, -0.2) is 4.68 Å². The molecule has 1 aromatic carbocycles. The van der Waals surface area contributed by atoms with Crippen molar-refractivity contribution < 1.29 is 0 Å². The van der Waals surface area contributed by atoms with Crippen LogP contribution in [0.5, 0.6) is 0 Å². The Labute approximate surface area is 138 Å². The van der Waals surface area contributed by atoms with Gasteiger partial charge in [0.1, 0.15) is 0 Å². The van der Waals surface area contributed by atoms with Crippen molar-refractivity contribution in [2.75, 3.05) is 19.0 Å². The lowest BCUT2D eigenvalue weighted by molar-refractivity contribution is 0.234. The maximum absolute atomic E-state index is 4.22. The van der Waals surface area contributed by atoms with E-state index >= 15 is 0 Å². The summed E-state index contributed by atoms with van der Waals surface area (Å²) in [5, 5.41) is 12.2. The van der Waals surface area contributed by atoms with Crippen LogP contribution in [0.1, 0.15) is 37.6 Å². The maximum Gasteiger partial charge on any atom is 0.165 e. The summed E-state index contributed by atoms with van der Waals surface area (Å²) in [6, 6.07) is 9.48. The van der Waals surface area contributed by atoms with Crippen LogP contribution in [0.2, 0.25) is 0 Å². The maximum atomic E-state index is 4.22. The van der Waals surface area contributed by atoms with Crippen LogP contribution in [0, 0.1) is 0 Å². The number of hydrogen-bond donors (Lipinski definition) is 0. The summed E-state index contributed by atoms with van der Waals surface area (Å²) in [5.41, 5.74) is 2.58. The fourth-order valence-electron chi connectivity index (χ4n) is 2.79. The molecule has 6 nitrogen and oxygen atoms in total. The highest BCUT2D eigenvalue weighted by atomic mass is 15.5. The average Bonchev–Trinajstić information content (AvgIpc) is 3.30. The molecule has 1 aromatic heterocycles. The van der Waals surface area contributed by atoms with Gasteiger partial charge in [-0.3, -0.25) is 4.90 Å². The average molecular weight is 314 g/mol. The van der Waals surface area contributed by atoms with E-state index < -0.39 is 0 Å². The zero-order chi connectivity index (χ0) is 16.2. The van der Waals surface area contributed by atoms with Crippen LogP contribution in [0.3, 0.4) is 0 Å². The summed E-state index contributed by atoms with van der Waals surface area (Å²) < 4.78 is 1.94. The van der Waals surface area contributed by atoms with Crippen LogP contribution in [0.25, 0.3) is 0 Å². The van der Waals surface area contributed by atoms with E-state index in [0.29, 0.717) is 6.04 Å². The molecule has 1 aliphatic carbocycles. The lowest BCUT2D eigenvalue weighted by atomic mass is 10.2. The Kier molecular flexibility index (Phi) is 4.91. The third-order valence-corrected chi connectivity index (χ3v) is 4.29. The molecule has 0 unspecified atom stereocenters. The number of benzene rings is 1. The first-order chi connectivity index (χ1) is 11.2. The molecule has 2 aromatic rings. The van der Waals surface area contributed by atoms with E-state index in [4.69, 9.17) is 0 Å². The SMILES string of the molecule is CCCn1nnnc1CN(Cc1ccc(N(C)C)cc1)C1CC1. The highest BCUT2D eigenvalue weighted by Crippen LogP contribution is 2.29. The number of anilines is 1. The number of aryl methyl sites for hydroxylation is 1. The molecule has 0 bridgehead atoms. The van der Waals surface area contributed by atoms with Gasteiger partial charge in [-0.1, -0.05) is 19.1 Å². The van der Waals surface area contributed by atoms with Crippen LogP contribution >= 0.6 is 0 Å². The normalized spacial score (nSPS) is 14.4. The first-order valence-corrected chi connectivity index (χ1v) is 8.42. The molecule has 0 saturated heterocycles. The Balaban J connectivity index is 1.68. The summed E-state index contributed by atoms with van der Waals surface area (Å²) in [6.45, 7) is 4.82. The number of rotatable bonds is 8. The molecule has 0 N–H and O–H groups in total. The van der Waals surface area contributed by atoms with Crippen LogP contribution in [0.15, 0.2) is 24.3 Å². The van der Waals surface area contributed by atoms with Crippen LogP contribution < -0.4 is 4.90 Å². The van der Waals surface area contributed by atoms with E-state index in [2.05, 4.69) is 70.6 Å². The summed E-state index contributed by atoms with van der Waals surface area (Å²) >= 11 is 0. The Morgan fingerprint density at radius 1 is 1.13 bits per heavy atom. The summed E-state index contributed by atoms with van der Waals surface area (Å²) in [6.07, 6.45) is 3.61. The van der Waals surface area contributed by atoms with E-state index in [9.17, 15) is 0 Å². The highest BCUT2D eigenvalue weighted by Gasteiger charge is 2.30. The fourth-order valence-corrected chi connectivity index (χ4v) is 2.79. The van der Waals surface area contributed by atoms with E-state index in [1.807, 2.05) is 4.68 Å². The molecule has 1 heterocycles. The molecule has 3 rings (SSSR count). The molecular weight excluding hydrogens is 288 g/mol. The quantitative estimate of drug-likeness (QED) is 0.748. The molecule has 0 aliphatic heterocycles. The third kappa shape index (κ3) is 4.07. The molecule has 0 radical (unpaired) electrons. The van der Waals surface area contributed by atoms with Crippen molar-refractivity contribution in [3.05, 3.63) is 35.7 Å². The first kappa shape index (κ1) is 15.9. The number of hydrogen-bond acceptors (Lipinski definition) is 5. The van der Waals surface area contributed by atoms with Gasteiger partial charge >= 0.3 is 0 Å². The Bertz CT molecular complexity index is 614. The number of aromatic nitrogens is 4. The molecule has 0 atom stereocenters. The molecule has 23 heavy (non-hydrogen) atoms. The summed E-state index contributed by atoms with van der Waals surface area (Å²) in [5.74, 6) is 0.976. The van der Waals surface area contributed by atoms with Gasteiger partial charge in [0.2, 0.25) is 0 Å². The monoisotopic (exact) mass is 314 g/mol. The van der Waals surface area contributed by atoms with Crippen molar-refractivity contribution in [1.29, 1.82) is 0 Å². The molecule has 1 aliphatic rings. The van der Waals surface area contributed by atoms with Gasteiger partial charge in [0.05, 0.1) is 6.54 Å². The largest absolute Gasteiger partial charge is 0.378 e. The lowest BCUT2D eigenvalue weighted by Crippen LogP contribution is -2.27. The van der Waals surface area contributed by atoms with E-state index in [1.54, 1.807) is 0 Å². The van der Waals surface area contributed by atoms with Gasteiger partial charge < -0.3 is 4.90 Å². The second-order valence-corrected chi connectivity index (χ2v) is 6.52. The van der Waals surface area contributed by atoms with Gasteiger partial charge in [0.15, 0.2) is 5.82 Å². The van der Waals surface area contributed by atoms with Crippen molar-refractivity contribution in [1.82, 2.24) is 25.1 Å². The Hall–Kier alpha value is -1.95. The predicted molar refractivity (Wildman–Crippen MR) is 91.1 cm³/mol. The van der Waals surface area contributed by atoms with Gasteiger partial charge in [0, 0.05) is 38.9 Å². The highest BCUT2D eigenvalue weighted by molar-refractivity contribution is 5.45. The first-order valence-electron chi connectivity index (χ1n) is 8.42. The topological polar surface area (TPSA) is 50.1 Å². The lowest BCUT2D eigenvalue weighted by Gasteiger charge is -2.22. The zero-order valence-corrected chi connectivity index (χ0v) is 14.3. The molecule has 6 heteroatoms. The smallest absolute Gasteiger partial charge is 0.165 e. The van der Waals surface area contributed by atoms with Crippen LogP contribution in [-0.4, -0.2) is 45.2 Å². The third-order valence-electron chi connectivity index (χ3n) is 4.29. The number of nitrogens with zero attached hydrogens (tertiary/aromatic N) is 6. The van der Waals surface area contributed by atoms with Gasteiger partial charge in [0.25, 0.3) is 0 Å². The van der Waals surface area contributed by atoms with Crippen molar-refractivity contribution >= 4 is 5.69 Å². The minimum absolute atomic E-state index is 0.676. The van der Waals surface area contributed by atoms with E-state index in [-0.39, 0.29) is 0 Å². The predicted octanol–water partition coefficient (Wildman–Crippen LogP) is 2.31. The summed E-state index contributed by atoms with van der Waals surface area (Å²) in [4.78, 5) is 4.63. The van der Waals surface area contributed by atoms with Crippen molar-refractivity contribution in [2.24, 2.45) is 0 Å². The number of tetrazole rings is 1. The standard InChI is InChI=1S/C17H26N6/c1-4-11-23-17(18-19-20-23)13-22(16-9-10-16)12-14-5-7-15(8-6-14)21(2)3/h5-8,16H,4,9-13H2,1-3H3. The second-order valence-electron chi connectivity index (χ2n) is 6.52. The molecule has 0 spiro atoms. The second kappa shape index (κ2) is 7.08. The molecule has 1 fully saturated rings. The molecule has 0 amide bonds. The molecule has 1 saturated carbocycles. The molecule has 124 valence electrons. The molecular formula is C17H26N6. The van der Waals surface area contributed by atoms with Gasteiger partial charge in [-0.15, -0.1) is 5.10 Å². The van der Waals surface area contributed by atoms with Crippen molar-refractivity contribution in [2.45, 2.75) is 51.9 Å². The van der Waals surface area contributed by atoms with Crippen LogP contribution in [0.4, 0.5) is 5.69 Å². The van der Waals surface area contributed by atoms with Crippen molar-refractivity contribution in [3.63, 3.8) is 0 Å².